The summed E-state index contributed by atoms with van der Waals surface area (Å²) >= 11 is 3.42. The molecule has 0 heterocycles. The van der Waals surface area contributed by atoms with Crippen molar-refractivity contribution in [2.24, 2.45) is 0 Å². The van der Waals surface area contributed by atoms with Crippen LogP contribution in [0.1, 0.15) is 18.1 Å². The molecule has 39 heavy (non-hydrogen) atoms. The van der Waals surface area contributed by atoms with E-state index in [-0.39, 0.29) is 29.3 Å². The van der Waals surface area contributed by atoms with Crippen LogP contribution in [-0.4, -0.2) is 29.5 Å². The van der Waals surface area contributed by atoms with Gasteiger partial charge >= 0.3 is 0 Å². The predicted octanol–water partition coefficient (Wildman–Crippen LogP) is 5.80. The second-order valence-electron chi connectivity index (χ2n) is 7.74. The summed E-state index contributed by atoms with van der Waals surface area (Å²) in [5, 5.41) is 34.3. The van der Waals surface area contributed by atoms with Crippen molar-refractivity contribution in [3.63, 3.8) is 0 Å². The third-order valence-electron chi connectivity index (χ3n) is 5.19. The molecule has 3 aromatic carbocycles. The van der Waals surface area contributed by atoms with Gasteiger partial charge in [0.25, 0.3) is 17.3 Å². The molecule has 13 heteroatoms. The Morgan fingerprint density at radius 1 is 1.08 bits per heavy atom. The summed E-state index contributed by atoms with van der Waals surface area (Å²) in [6.45, 7) is 2.16. The molecular weight excluding hydrogens is 576 g/mol. The number of methoxy groups -OCH3 is 1. The monoisotopic (exact) mass is 596 g/mol. The third-order valence-corrected chi connectivity index (χ3v) is 5.78. The topological polar surface area (TPSA) is 167 Å². The highest BCUT2D eigenvalue weighted by molar-refractivity contribution is 9.10. The molecule has 200 valence electrons. The molecule has 3 rings (SSSR count). The fourth-order valence-corrected chi connectivity index (χ4v) is 3.92. The first-order valence-corrected chi connectivity index (χ1v) is 12.0. The molecule has 3 aromatic rings. The normalized spacial score (nSPS) is 10.8. The van der Waals surface area contributed by atoms with Gasteiger partial charge in [-0.25, -0.2) is 0 Å². The van der Waals surface area contributed by atoms with Crippen LogP contribution in [0.4, 0.5) is 17.1 Å². The van der Waals surface area contributed by atoms with Gasteiger partial charge in [0.1, 0.15) is 29.7 Å². The molecule has 0 fully saturated rings. The molecule has 0 aliphatic heterocycles. The van der Waals surface area contributed by atoms with E-state index in [0.717, 1.165) is 6.07 Å². The molecule has 0 aliphatic rings. The minimum Gasteiger partial charge on any atom is -0.496 e. The maximum atomic E-state index is 12.8. The van der Waals surface area contributed by atoms with Crippen LogP contribution in [0.3, 0.4) is 0 Å². The average molecular weight is 597 g/mol. The number of carbonyl (C=O) groups excluding carboxylic acids is 1. The Balaban J connectivity index is 1.86. The summed E-state index contributed by atoms with van der Waals surface area (Å²) in [6, 6.07) is 14.8. The molecule has 0 saturated heterocycles. The van der Waals surface area contributed by atoms with Gasteiger partial charge in [0.2, 0.25) is 0 Å². The number of hydrogen-bond donors (Lipinski definition) is 1. The lowest BCUT2D eigenvalue weighted by molar-refractivity contribution is -0.384. The number of halogens is 1. The number of hydrogen-bond acceptors (Lipinski definition) is 9. The van der Waals surface area contributed by atoms with Gasteiger partial charge in [0.05, 0.1) is 34.1 Å². The van der Waals surface area contributed by atoms with E-state index in [1.165, 1.54) is 37.5 Å². The predicted molar refractivity (Wildman–Crippen MR) is 145 cm³/mol. The highest BCUT2D eigenvalue weighted by atomic mass is 79.9. The van der Waals surface area contributed by atoms with E-state index >= 15 is 0 Å². The number of carbonyl (C=O) groups is 1. The van der Waals surface area contributed by atoms with Gasteiger partial charge in [-0.1, -0.05) is 0 Å². The average Bonchev–Trinajstić information content (AvgIpc) is 2.91. The van der Waals surface area contributed by atoms with Crippen LogP contribution in [0.25, 0.3) is 6.08 Å². The van der Waals surface area contributed by atoms with Gasteiger partial charge in [-0.05, 0) is 76.5 Å². The summed E-state index contributed by atoms with van der Waals surface area (Å²) in [7, 11) is 1.36. The highest BCUT2D eigenvalue weighted by Crippen LogP contribution is 2.38. The minimum absolute atomic E-state index is 0.0370. The number of nitrogens with zero attached hydrogens (tertiary/aromatic N) is 3. The number of amides is 1. The number of nitro benzene ring substituents is 2. The maximum Gasteiger partial charge on any atom is 0.296 e. The van der Waals surface area contributed by atoms with Crippen LogP contribution in [0, 0.1) is 31.6 Å². The van der Waals surface area contributed by atoms with E-state index in [4.69, 9.17) is 14.2 Å². The first kappa shape index (κ1) is 28.6. The van der Waals surface area contributed by atoms with Gasteiger partial charge < -0.3 is 19.5 Å². The lowest BCUT2D eigenvalue weighted by Crippen LogP contribution is -2.14. The van der Waals surface area contributed by atoms with Crippen LogP contribution < -0.4 is 19.5 Å². The smallest absolute Gasteiger partial charge is 0.296 e. The zero-order valence-electron chi connectivity index (χ0n) is 20.7. The first-order chi connectivity index (χ1) is 18.7. The van der Waals surface area contributed by atoms with Gasteiger partial charge in [0, 0.05) is 12.1 Å². The molecule has 0 spiro atoms. The second kappa shape index (κ2) is 13.0. The number of nitrogens with one attached hydrogen (secondary N) is 1. The van der Waals surface area contributed by atoms with Crippen molar-refractivity contribution in [2.45, 2.75) is 13.5 Å². The van der Waals surface area contributed by atoms with E-state index in [1.807, 2.05) is 0 Å². The fraction of sp³-hybridized carbons (Fsp3) is 0.154. The van der Waals surface area contributed by atoms with E-state index in [2.05, 4.69) is 21.2 Å². The first-order valence-electron chi connectivity index (χ1n) is 11.2. The van der Waals surface area contributed by atoms with Crippen molar-refractivity contribution in [3.8, 4) is 23.3 Å². The molecule has 0 aliphatic carbocycles. The number of rotatable bonds is 11. The van der Waals surface area contributed by atoms with Gasteiger partial charge in [-0.3, -0.25) is 25.0 Å². The third kappa shape index (κ3) is 7.30. The van der Waals surface area contributed by atoms with Gasteiger partial charge in [-0.15, -0.1) is 0 Å². The number of anilines is 1. The summed E-state index contributed by atoms with van der Waals surface area (Å²) < 4.78 is 17.0. The van der Waals surface area contributed by atoms with E-state index < -0.39 is 21.4 Å². The summed E-state index contributed by atoms with van der Waals surface area (Å²) in [5.41, 5.74) is 0.270. The quantitative estimate of drug-likeness (QED) is 0.124. The summed E-state index contributed by atoms with van der Waals surface area (Å²) in [5.74, 6) is 0.0611. The van der Waals surface area contributed by atoms with Crippen molar-refractivity contribution in [1.82, 2.24) is 0 Å². The van der Waals surface area contributed by atoms with Gasteiger partial charge in [0.15, 0.2) is 11.5 Å². The van der Waals surface area contributed by atoms with Crippen molar-refractivity contribution in [3.05, 3.63) is 96.0 Å². The molecule has 1 N–H and O–H groups in total. The van der Waals surface area contributed by atoms with Crippen LogP contribution in [0.15, 0.2) is 64.6 Å². The Kier molecular flexibility index (Phi) is 9.55. The zero-order valence-corrected chi connectivity index (χ0v) is 22.3. The zero-order chi connectivity index (χ0) is 28.5. The Morgan fingerprint density at radius 2 is 1.79 bits per heavy atom. The number of ether oxygens (including phenoxy) is 3. The van der Waals surface area contributed by atoms with Crippen LogP contribution in [0.2, 0.25) is 0 Å². The highest BCUT2D eigenvalue weighted by Gasteiger charge is 2.20. The molecular formula is C26H21BrN4O8. The molecule has 1 amide bonds. The Morgan fingerprint density at radius 3 is 2.38 bits per heavy atom. The van der Waals surface area contributed by atoms with E-state index in [0.29, 0.717) is 33.7 Å². The van der Waals surface area contributed by atoms with Crippen LogP contribution >= 0.6 is 15.9 Å². The van der Waals surface area contributed by atoms with E-state index in [1.54, 1.807) is 37.3 Å². The molecule has 0 aromatic heterocycles. The molecule has 0 bridgehead atoms. The minimum atomic E-state index is -0.849. The second-order valence-corrected chi connectivity index (χ2v) is 8.59. The summed E-state index contributed by atoms with van der Waals surface area (Å²) in [4.78, 5) is 33.9. The Hall–Kier alpha value is -4.96. The largest absolute Gasteiger partial charge is 0.496 e. The SMILES string of the molecule is CCOc1cc(/C=C(\C#N)C(=O)Nc2ccc(OC)cc2[N+](=O)[O-])cc(Br)c1OCc1ccc([N+](=O)[O-])cc1. The van der Waals surface area contributed by atoms with Crippen molar-refractivity contribution in [1.29, 1.82) is 5.26 Å². The van der Waals surface area contributed by atoms with Gasteiger partial charge in [-0.2, -0.15) is 5.26 Å². The lowest BCUT2D eigenvalue weighted by Gasteiger charge is -2.15. The van der Waals surface area contributed by atoms with Crippen molar-refractivity contribution in [2.75, 3.05) is 19.0 Å². The molecule has 12 nitrogen and oxygen atoms in total. The maximum absolute atomic E-state index is 12.8. The molecule has 0 atom stereocenters. The number of nitriles is 1. The van der Waals surface area contributed by atoms with E-state index in [9.17, 15) is 30.3 Å². The standard InChI is InChI=1S/C26H21BrN4O8/c1-3-38-24-12-17(11-21(27)25(24)39-15-16-4-6-19(7-5-16)30(33)34)10-18(14-28)26(32)29-22-9-8-20(37-2)13-23(22)31(35)36/h4-13H,3,15H2,1-2H3,(H,29,32)/b18-10+. The molecule has 0 unspecified atom stereocenters. The van der Waals surface area contributed by atoms with Crippen LogP contribution in [0.5, 0.6) is 17.2 Å². The number of non-ortho nitro benzene ring substituents is 1. The molecule has 0 radical (unpaired) electrons. The molecule has 0 saturated carbocycles. The Labute approximate surface area is 230 Å². The number of nitro groups is 2. The van der Waals surface area contributed by atoms with Crippen molar-refractivity contribution >= 4 is 45.0 Å². The number of benzene rings is 3. The Bertz CT molecular complexity index is 1480. The van der Waals surface area contributed by atoms with Crippen molar-refractivity contribution < 1.29 is 28.9 Å². The van der Waals surface area contributed by atoms with Crippen LogP contribution in [-0.2, 0) is 11.4 Å². The lowest BCUT2D eigenvalue weighted by atomic mass is 10.1. The summed E-state index contributed by atoms with van der Waals surface area (Å²) in [6.07, 6.45) is 1.30. The fourth-order valence-electron chi connectivity index (χ4n) is 3.34.